The van der Waals surface area contributed by atoms with Gasteiger partial charge in [0.1, 0.15) is 11.5 Å². The Hall–Kier alpha value is -2.10. The fraction of sp³-hybridized carbons (Fsp3) is 0.583. The molecule has 0 aromatic rings. The van der Waals surface area contributed by atoms with Crippen LogP contribution in [-0.2, 0) is 19.1 Å². The fourth-order valence-corrected chi connectivity index (χ4v) is 6.29. The first-order valence-electron chi connectivity index (χ1n) is 10.9. The number of hydrogen-bond acceptors (Lipinski definition) is 4. The van der Waals surface area contributed by atoms with Crippen LogP contribution >= 0.6 is 0 Å². The molecule has 6 rings (SSSR count). The van der Waals surface area contributed by atoms with Crippen molar-refractivity contribution in [1.82, 2.24) is 0 Å². The number of unbranched alkanes of at least 4 members (excludes halogenated alkanes) is 2. The molecule has 0 radical (unpaired) electrons. The van der Waals surface area contributed by atoms with E-state index in [9.17, 15) is 9.59 Å². The molecule has 0 aromatic carbocycles. The summed E-state index contributed by atoms with van der Waals surface area (Å²) in [7, 11) is 0. The molecule has 4 nitrogen and oxygen atoms in total. The normalized spacial score (nSPS) is 38.4. The maximum absolute atomic E-state index is 13.0. The lowest BCUT2D eigenvalue weighted by molar-refractivity contribution is -0.135. The van der Waals surface area contributed by atoms with Crippen molar-refractivity contribution >= 4 is 11.9 Å². The number of fused-ring (bicyclic) bond motifs is 1. The highest BCUT2D eigenvalue weighted by Crippen LogP contribution is 2.68. The number of rotatable bonds is 4. The Labute approximate surface area is 166 Å². The van der Waals surface area contributed by atoms with Crippen LogP contribution in [0.15, 0.2) is 46.5 Å². The van der Waals surface area contributed by atoms with Gasteiger partial charge in [0.25, 0.3) is 0 Å². The molecule has 0 aromatic heterocycles. The van der Waals surface area contributed by atoms with Crippen molar-refractivity contribution < 1.29 is 19.1 Å². The van der Waals surface area contributed by atoms with Crippen LogP contribution in [0.2, 0.25) is 0 Å². The van der Waals surface area contributed by atoms with E-state index >= 15 is 0 Å². The van der Waals surface area contributed by atoms with Gasteiger partial charge in [-0.3, -0.25) is 0 Å². The van der Waals surface area contributed by atoms with Gasteiger partial charge in [-0.2, -0.15) is 0 Å². The van der Waals surface area contributed by atoms with Crippen molar-refractivity contribution in [2.24, 2.45) is 23.2 Å². The van der Waals surface area contributed by atoms with Crippen LogP contribution in [0.1, 0.15) is 65.2 Å². The maximum atomic E-state index is 13.0. The van der Waals surface area contributed by atoms with Crippen LogP contribution in [-0.4, -0.2) is 11.9 Å². The molecule has 148 valence electrons. The van der Waals surface area contributed by atoms with Crippen LogP contribution in [0.3, 0.4) is 0 Å². The average Bonchev–Trinajstić information content (AvgIpc) is 3.19. The third kappa shape index (κ3) is 2.23. The summed E-state index contributed by atoms with van der Waals surface area (Å²) in [5.41, 5.74) is 2.29. The van der Waals surface area contributed by atoms with Gasteiger partial charge < -0.3 is 9.47 Å². The first-order valence-corrected chi connectivity index (χ1v) is 10.9. The van der Waals surface area contributed by atoms with E-state index in [1.54, 1.807) is 0 Å². The SMILES string of the molecule is CCC/C=C1\OC(=O)C2=C1CC[C@H]1[C@@H]3C=C4C(=O)O/C(=C/CCC)[C@@]4(CC3)[C@@H]21. The molecular formula is C24H28O4. The maximum Gasteiger partial charge on any atom is 0.340 e. The molecule has 1 spiro atoms. The Bertz CT molecular complexity index is 871. The molecule has 0 amide bonds. The molecule has 6 aliphatic rings. The Morgan fingerprint density at radius 1 is 1.07 bits per heavy atom. The minimum atomic E-state index is -0.452. The van der Waals surface area contributed by atoms with Crippen LogP contribution in [0.5, 0.6) is 0 Å². The number of allylic oxidation sites excluding steroid dienone is 5. The average molecular weight is 380 g/mol. The number of carbonyl (C=O) groups is 2. The molecule has 0 unspecified atom stereocenters. The second kappa shape index (κ2) is 6.47. The number of ether oxygens (including phenoxy) is 2. The van der Waals surface area contributed by atoms with E-state index in [0.717, 1.165) is 79.6 Å². The molecule has 28 heavy (non-hydrogen) atoms. The minimum Gasteiger partial charge on any atom is -0.427 e. The zero-order chi connectivity index (χ0) is 19.5. The lowest BCUT2D eigenvalue weighted by Gasteiger charge is -2.54. The van der Waals surface area contributed by atoms with Gasteiger partial charge in [-0.1, -0.05) is 32.8 Å². The fourth-order valence-electron chi connectivity index (χ4n) is 6.29. The number of hydrogen-bond donors (Lipinski definition) is 0. The van der Waals surface area contributed by atoms with E-state index in [2.05, 4.69) is 32.1 Å². The highest BCUT2D eigenvalue weighted by atomic mass is 16.5. The Morgan fingerprint density at radius 2 is 1.86 bits per heavy atom. The predicted octanol–water partition coefficient (Wildman–Crippen LogP) is 5.13. The van der Waals surface area contributed by atoms with E-state index in [1.165, 1.54) is 0 Å². The summed E-state index contributed by atoms with van der Waals surface area (Å²) >= 11 is 0. The zero-order valence-corrected chi connectivity index (χ0v) is 16.8. The van der Waals surface area contributed by atoms with Crippen LogP contribution in [0.4, 0.5) is 0 Å². The van der Waals surface area contributed by atoms with E-state index in [1.807, 2.05) is 0 Å². The summed E-state index contributed by atoms with van der Waals surface area (Å²) < 4.78 is 11.6. The Kier molecular flexibility index (Phi) is 4.15. The first-order chi connectivity index (χ1) is 13.6. The van der Waals surface area contributed by atoms with Crippen molar-refractivity contribution in [2.45, 2.75) is 65.2 Å². The number of carbonyl (C=O) groups excluding carboxylic acids is 2. The molecule has 2 bridgehead atoms. The van der Waals surface area contributed by atoms with Crippen molar-refractivity contribution in [2.75, 3.05) is 0 Å². The monoisotopic (exact) mass is 380 g/mol. The molecule has 1 saturated carbocycles. The molecular weight excluding hydrogens is 352 g/mol. The number of cyclic esters (lactones) is 2. The van der Waals surface area contributed by atoms with Crippen LogP contribution < -0.4 is 0 Å². The van der Waals surface area contributed by atoms with E-state index in [4.69, 9.17) is 9.47 Å². The molecule has 2 heterocycles. The van der Waals surface area contributed by atoms with Gasteiger partial charge in [0.15, 0.2) is 0 Å². The molecule has 2 aliphatic heterocycles. The number of esters is 2. The van der Waals surface area contributed by atoms with Gasteiger partial charge in [0.2, 0.25) is 0 Å². The van der Waals surface area contributed by atoms with Gasteiger partial charge in [-0.15, -0.1) is 0 Å². The molecule has 2 fully saturated rings. The summed E-state index contributed by atoms with van der Waals surface area (Å²) in [5, 5.41) is 0. The first kappa shape index (κ1) is 18.0. The summed E-state index contributed by atoms with van der Waals surface area (Å²) in [6.07, 6.45) is 14.1. The van der Waals surface area contributed by atoms with Crippen molar-refractivity contribution in [1.29, 1.82) is 0 Å². The highest BCUT2D eigenvalue weighted by Gasteiger charge is 2.66. The van der Waals surface area contributed by atoms with Gasteiger partial charge >= 0.3 is 11.9 Å². The van der Waals surface area contributed by atoms with E-state index in [-0.39, 0.29) is 17.9 Å². The standard InChI is InChI=1S/C24H28O4/c1-3-5-7-18-16-10-9-15-14-11-12-24(21(15)20(16)23(26)27-18)17(13-14)22(25)28-19(24)8-6-4-2/h7-8,13-15,21H,3-6,9-12H2,1-2H3/b18-7-,19-8+/t14-,15-,21+,24-/m0/s1. The van der Waals surface area contributed by atoms with Crippen molar-refractivity contribution in [3.05, 3.63) is 46.5 Å². The minimum absolute atomic E-state index is 0.0181. The Morgan fingerprint density at radius 3 is 2.64 bits per heavy atom. The summed E-state index contributed by atoms with van der Waals surface area (Å²) in [5.74, 6) is 1.96. The van der Waals surface area contributed by atoms with E-state index in [0.29, 0.717) is 11.8 Å². The quantitative estimate of drug-likeness (QED) is 0.635. The van der Waals surface area contributed by atoms with Crippen LogP contribution in [0.25, 0.3) is 0 Å². The zero-order valence-electron chi connectivity index (χ0n) is 16.8. The summed E-state index contributed by atoms with van der Waals surface area (Å²) in [6.45, 7) is 4.26. The lowest BCUT2D eigenvalue weighted by atomic mass is 9.47. The summed E-state index contributed by atoms with van der Waals surface area (Å²) in [6, 6.07) is 0. The topological polar surface area (TPSA) is 52.6 Å². The van der Waals surface area contributed by atoms with E-state index < -0.39 is 5.41 Å². The molecule has 4 atom stereocenters. The highest BCUT2D eigenvalue weighted by molar-refractivity contribution is 5.99. The van der Waals surface area contributed by atoms with Crippen LogP contribution in [0, 0.1) is 23.2 Å². The lowest BCUT2D eigenvalue weighted by Crippen LogP contribution is -2.50. The summed E-state index contributed by atoms with van der Waals surface area (Å²) in [4.78, 5) is 25.8. The van der Waals surface area contributed by atoms with Gasteiger partial charge in [-0.05, 0) is 62.5 Å². The van der Waals surface area contributed by atoms with Gasteiger partial charge in [0.05, 0.1) is 5.41 Å². The third-order valence-electron chi connectivity index (χ3n) is 7.43. The van der Waals surface area contributed by atoms with Gasteiger partial charge in [-0.25, -0.2) is 9.59 Å². The predicted molar refractivity (Wildman–Crippen MR) is 105 cm³/mol. The Balaban J connectivity index is 1.68. The molecule has 4 heteroatoms. The largest absolute Gasteiger partial charge is 0.427 e. The second-order valence-corrected chi connectivity index (χ2v) is 8.82. The molecule has 1 saturated heterocycles. The molecule has 0 N–H and O–H groups in total. The van der Waals surface area contributed by atoms with Crippen molar-refractivity contribution in [3.63, 3.8) is 0 Å². The smallest absolute Gasteiger partial charge is 0.340 e. The van der Waals surface area contributed by atoms with Gasteiger partial charge in [0, 0.05) is 22.6 Å². The molecule has 4 aliphatic carbocycles. The van der Waals surface area contributed by atoms with Crippen molar-refractivity contribution in [3.8, 4) is 0 Å². The second-order valence-electron chi connectivity index (χ2n) is 8.82. The third-order valence-corrected chi connectivity index (χ3v) is 7.43.